The molecule has 190 valence electrons. The summed E-state index contributed by atoms with van der Waals surface area (Å²) < 4.78 is 13.2. The Labute approximate surface area is 210 Å². The van der Waals surface area contributed by atoms with E-state index in [2.05, 4.69) is 33.8 Å². The highest BCUT2D eigenvalue weighted by Gasteiger charge is 2.68. The number of allylic oxidation sites excluding steroid dienone is 4. The average Bonchev–Trinajstić information content (AvgIpc) is 2.81. The molecule has 5 rings (SSSR count). The zero-order valence-electron chi connectivity index (χ0n) is 23.0. The van der Waals surface area contributed by atoms with E-state index in [0.717, 1.165) is 44.1 Å². The Bertz CT molecular complexity index is 1170. The molecule has 0 aromatic carbocycles. The van der Waals surface area contributed by atoms with Crippen LogP contribution in [0.1, 0.15) is 87.9 Å². The first-order valence-electron chi connectivity index (χ1n) is 13.7. The van der Waals surface area contributed by atoms with Crippen molar-refractivity contribution in [1.82, 2.24) is 0 Å². The molecule has 0 unspecified atom stereocenters. The fraction of sp³-hybridized carbons (Fsp3) is 0.700. The minimum atomic E-state index is -1.44. The van der Waals surface area contributed by atoms with Gasteiger partial charge >= 0.3 is 5.97 Å². The number of ketones is 2. The number of ether oxygens (including phenoxy) is 1. The van der Waals surface area contributed by atoms with Crippen LogP contribution in [0.4, 0.5) is 0 Å². The summed E-state index contributed by atoms with van der Waals surface area (Å²) in [6.07, 6.45) is 11.8. The number of Topliss-reactive ketones (excluding diaryl/α,β-unsaturated/α-hetero) is 1. The molecule has 0 amide bonds. The van der Waals surface area contributed by atoms with Gasteiger partial charge in [-0.2, -0.15) is 0 Å². The van der Waals surface area contributed by atoms with Crippen LogP contribution in [0.2, 0.25) is 0 Å². The zero-order chi connectivity index (χ0) is 26.5. The Morgan fingerprint density at radius 3 is 2.31 bits per heavy atom. The maximum atomic E-state index is 12.9. The van der Waals surface area contributed by atoms with Crippen LogP contribution in [0.3, 0.4) is 0 Å². The van der Waals surface area contributed by atoms with Crippen molar-refractivity contribution >= 4 is 17.5 Å². The average molecular weight is 482 g/mol. The summed E-state index contributed by atoms with van der Waals surface area (Å²) in [5.41, 5.74) is 0.177. The van der Waals surface area contributed by atoms with Gasteiger partial charge in [0.25, 0.3) is 0 Å². The lowest BCUT2D eigenvalue weighted by atomic mass is 9.34. The lowest BCUT2D eigenvalue weighted by molar-refractivity contribution is -0.178. The molecule has 0 aromatic rings. The van der Waals surface area contributed by atoms with Crippen molar-refractivity contribution in [2.45, 2.75) is 92.1 Å². The van der Waals surface area contributed by atoms with E-state index >= 15 is 0 Å². The normalized spacial score (nSPS) is 49.4. The van der Waals surface area contributed by atoms with Crippen molar-refractivity contribution in [1.29, 1.82) is 0 Å². The summed E-state index contributed by atoms with van der Waals surface area (Å²) in [5, 5.41) is 10.1. The molecule has 1 N–H and O–H groups in total. The number of carboxylic acid groups (broad SMARTS) is 1. The van der Waals surface area contributed by atoms with Crippen molar-refractivity contribution in [2.75, 3.05) is 7.09 Å². The number of hydrogen-bond donors (Lipinski definition) is 1. The highest BCUT2D eigenvalue weighted by molar-refractivity contribution is 6.46. The summed E-state index contributed by atoms with van der Waals surface area (Å²) in [4.78, 5) is 38.1. The van der Waals surface area contributed by atoms with E-state index in [1.54, 1.807) is 6.92 Å². The van der Waals surface area contributed by atoms with E-state index in [9.17, 15) is 19.5 Å². The predicted molar refractivity (Wildman–Crippen MR) is 134 cm³/mol. The monoisotopic (exact) mass is 481 g/mol. The number of fused-ring (bicyclic) bond motifs is 7. The van der Waals surface area contributed by atoms with E-state index in [-0.39, 0.29) is 22.2 Å². The van der Waals surface area contributed by atoms with Crippen molar-refractivity contribution in [3.05, 3.63) is 34.9 Å². The van der Waals surface area contributed by atoms with Crippen molar-refractivity contribution in [2.24, 2.45) is 33.0 Å². The highest BCUT2D eigenvalue weighted by atomic mass is 16.5. The zero-order valence-corrected chi connectivity index (χ0v) is 22.0. The van der Waals surface area contributed by atoms with Gasteiger partial charge in [0.2, 0.25) is 11.6 Å². The van der Waals surface area contributed by atoms with Gasteiger partial charge in [0, 0.05) is 12.5 Å². The Morgan fingerprint density at radius 2 is 1.66 bits per heavy atom. The molecule has 0 heterocycles. The number of carboxylic acids is 1. The van der Waals surface area contributed by atoms with Gasteiger partial charge in [0.05, 0.1) is 6.79 Å². The number of methoxy groups -OCH3 is 1. The van der Waals surface area contributed by atoms with E-state index < -0.39 is 41.1 Å². The molecule has 5 aliphatic carbocycles. The number of hydrogen-bond acceptors (Lipinski definition) is 4. The summed E-state index contributed by atoms with van der Waals surface area (Å²) in [6, 6.07) is 0. The molecule has 3 saturated carbocycles. The van der Waals surface area contributed by atoms with Crippen molar-refractivity contribution in [3.8, 4) is 0 Å². The highest BCUT2D eigenvalue weighted by Crippen LogP contribution is 2.75. The van der Waals surface area contributed by atoms with Crippen LogP contribution in [0.15, 0.2) is 34.9 Å². The Morgan fingerprint density at radius 1 is 0.971 bits per heavy atom. The molecule has 7 atom stereocenters. The lowest BCUT2D eigenvalue weighted by Gasteiger charge is -2.70. The van der Waals surface area contributed by atoms with Gasteiger partial charge in [-0.1, -0.05) is 45.4 Å². The molecule has 5 nitrogen and oxygen atoms in total. The van der Waals surface area contributed by atoms with Crippen molar-refractivity contribution < 1.29 is 25.6 Å². The third-order valence-electron chi connectivity index (χ3n) is 11.9. The molecule has 0 aromatic heterocycles. The van der Waals surface area contributed by atoms with Gasteiger partial charge in [-0.05, 0) is 98.2 Å². The first-order valence-corrected chi connectivity index (χ1v) is 13.0. The second kappa shape index (κ2) is 7.06. The molecule has 3 fully saturated rings. The SMILES string of the molecule is [2H]CO[C@]1(C)C(=O)C(=O)C=C2C1=CC=C1[C@@]2(C)CC[C@@]2(C)[C@@H]3C[C@](C)(C(=O)O)CC[C@]3(C)CC[C@]12C. The van der Waals surface area contributed by atoms with Crippen LogP contribution in [-0.4, -0.2) is 35.3 Å². The maximum Gasteiger partial charge on any atom is 0.309 e. The quantitative estimate of drug-likeness (QED) is 0.501. The second-order valence-corrected chi connectivity index (χ2v) is 13.4. The predicted octanol–water partition coefficient (Wildman–Crippen LogP) is 5.84. The van der Waals surface area contributed by atoms with Crippen LogP contribution < -0.4 is 0 Å². The summed E-state index contributed by atoms with van der Waals surface area (Å²) in [5.74, 6) is -1.56. The van der Waals surface area contributed by atoms with Gasteiger partial charge in [-0.15, -0.1) is 0 Å². The Balaban J connectivity index is 1.65. The van der Waals surface area contributed by atoms with Crippen LogP contribution in [0, 0.1) is 33.0 Å². The smallest absolute Gasteiger partial charge is 0.309 e. The maximum absolute atomic E-state index is 12.9. The van der Waals surface area contributed by atoms with Gasteiger partial charge < -0.3 is 9.84 Å². The fourth-order valence-electron chi connectivity index (χ4n) is 8.93. The van der Waals surface area contributed by atoms with Crippen LogP contribution in [0.25, 0.3) is 0 Å². The minimum Gasteiger partial charge on any atom is -0.481 e. The van der Waals surface area contributed by atoms with Crippen LogP contribution >= 0.6 is 0 Å². The standard InChI is InChI=1S/C30H40O5/c1-25-10-11-26(2,24(33)34)17-22(25)29(5)15-13-27(3)19-16-20(31)23(32)30(6,35-7)18(19)8-9-21(27)28(29,4)14-12-25/h8-9,16,22H,10-15,17H2,1-7H3,(H,33,34)/t22-,25-,26-,27+,28-,29+,30+/m1/s1/i7D. The van der Waals surface area contributed by atoms with E-state index in [0.29, 0.717) is 12.0 Å². The lowest BCUT2D eigenvalue weighted by Crippen LogP contribution is -2.62. The van der Waals surface area contributed by atoms with Crippen LogP contribution in [-0.2, 0) is 19.1 Å². The third kappa shape index (κ3) is 2.82. The van der Waals surface area contributed by atoms with Gasteiger partial charge in [0.1, 0.15) is 0 Å². The summed E-state index contributed by atoms with van der Waals surface area (Å²) >= 11 is 0. The molecule has 0 bridgehead atoms. The first kappa shape index (κ1) is 23.4. The molecule has 0 radical (unpaired) electrons. The molecule has 35 heavy (non-hydrogen) atoms. The molecule has 5 heteroatoms. The fourth-order valence-corrected chi connectivity index (χ4v) is 8.93. The third-order valence-corrected chi connectivity index (χ3v) is 11.9. The van der Waals surface area contributed by atoms with E-state index in [1.807, 2.05) is 13.0 Å². The molecular weight excluding hydrogens is 440 g/mol. The number of rotatable bonds is 2. The molecule has 0 spiro atoms. The Kier molecular flexibility index (Phi) is 4.72. The van der Waals surface area contributed by atoms with Gasteiger partial charge in [-0.25, -0.2) is 0 Å². The number of carbonyl (C=O) groups is 3. The van der Waals surface area contributed by atoms with Crippen LogP contribution in [0.5, 0.6) is 0 Å². The first-order chi connectivity index (χ1) is 16.6. The molecule has 0 saturated heterocycles. The number of carbonyl (C=O) groups excluding carboxylic acids is 2. The topological polar surface area (TPSA) is 80.7 Å². The summed E-state index contributed by atoms with van der Waals surface area (Å²) in [7, 11) is -0.397. The van der Waals surface area contributed by atoms with E-state index in [1.165, 1.54) is 11.6 Å². The number of aliphatic carboxylic acids is 1. The molecular formula is C30H40O5. The van der Waals surface area contributed by atoms with Gasteiger partial charge in [0.15, 0.2) is 5.60 Å². The second-order valence-electron chi connectivity index (χ2n) is 13.4. The van der Waals surface area contributed by atoms with Crippen molar-refractivity contribution in [3.63, 3.8) is 0 Å². The molecule has 5 aliphatic rings. The summed E-state index contributed by atoms with van der Waals surface area (Å²) in [6.45, 7) is 12.9. The minimum absolute atomic E-state index is 0.0795. The molecule has 0 aliphatic heterocycles. The largest absolute Gasteiger partial charge is 0.481 e. The van der Waals surface area contributed by atoms with E-state index in [4.69, 9.17) is 6.11 Å². The Hall–Kier alpha value is -2.01. The van der Waals surface area contributed by atoms with Gasteiger partial charge in [-0.3, -0.25) is 14.4 Å².